The Morgan fingerprint density at radius 1 is 0.933 bits per heavy atom. The fourth-order valence-corrected chi connectivity index (χ4v) is 3.86. The number of hydrogen-bond donors (Lipinski definition) is 2. The highest BCUT2D eigenvalue weighted by Crippen LogP contribution is 2.24. The molecule has 0 unspecified atom stereocenters. The van der Waals surface area contributed by atoms with Crippen LogP contribution in [0.4, 0.5) is 16.2 Å². The van der Waals surface area contributed by atoms with E-state index in [2.05, 4.69) is 15.5 Å². The minimum absolute atomic E-state index is 0.220. The van der Waals surface area contributed by atoms with E-state index in [9.17, 15) is 4.79 Å². The van der Waals surface area contributed by atoms with Gasteiger partial charge >= 0.3 is 6.03 Å². The van der Waals surface area contributed by atoms with Crippen LogP contribution in [0, 0.1) is 0 Å². The molecule has 1 saturated heterocycles. The van der Waals surface area contributed by atoms with Gasteiger partial charge in [-0.2, -0.15) is 0 Å². The summed E-state index contributed by atoms with van der Waals surface area (Å²) in [7, 11) is 1.76. The van der Waals surface area contributed by atoms with Gasteiger partial charge in [-0.25, -0.2) is 4.79 Å². The molecule has 2 N–H and O–H groups in total. The van der Waals surface area contributed by atoms with Crippen molar-refractivity contribution >= 4 is 17.4 Å². The molecule has 0 saturated carbocycles. The fourth-order valence-electron chi connectivity index (χ4n) is 3.86. The van der Waals surface area contributed by atoms with Crippen LogP contribution in [0.2, 0.25) is 0 Å². The van der Waals surface area contributed by atoms with Crippen LogP contribution in [0.3, 0.4) is 0 Å². The summed E-state index contributed by atoms with van der Waals surface area (Å²) < 4.78 is 5.44. The van der Waals surface area contributed by atoms with E-state index in [1.807, 2.05) is 84.9 Å². The maximum Gasteiger partial charge on any atom is 0.319 e. The van der Waals surface area contributed by atoms with Gasteiger partial charge in [-0.3, -0.25) is 0 Å². The molecule has 1 aliphatic rings. The molecule has 0 radical (unpaired) electrons. The highest BCUT2D eigenvalue weighted by Gasteiger charge is 2.22. The zero-order valence-corrected chi connectivity index (χ0v) is 17.1. The predicted octanol–water partition coefficient (Wildman–Crippen LogP) is 4.82. The number of hydrogen-bond acceptors (Lipinski definition) is 3. The van der Waals surface area contributed by atoms with E-state index in [0.717, 1.165) is 42.0 Å². The molecule has 5 heteroatoms. The van der Waals surface area contributed by atoms with Gasteiger partial charge in [0.25, 0.3) is 0 Å². The van der Waals surface area contributed by atoms with Gasteiger partial charge in [-0.15, -0.1) is 0 Å². The summed E-state index contributed by atoms with van der Waals surface area (Å²) in [4.78, 5) is 15.0. The van der Waals surface area contributed by atoms with Gasteiger partial charge in [0, 0.05) is 31.6 Å². The molecule has 3 aromatic rings. The molecule has 154 valence electrons. The van der Waals surface area contributed by atoms with Crippen molar-refractivity contribution in [3.8, 4) is 0 Å². The number of amides is 2. The van der Waals surface area contributed by atoms with Gasteiger partial charge in [0.1, 0.15) is 0 Å². The summed E-state index contributed by atoms with van der Waals surface area (Å²) >= 11 is 0. The van der Waals surface area contributed by atoms with Crippen molar-refractivity contribution < 1.29 is 9.53 Å². The number of nitrogens with one attached hydrogen (secondary N) is 2. The SMILES string of the molecule is CO[C@H]1CCN(c2ccc(NC(=O)NC(c3ccccc3)c3ccccc3)cc2)C1. The fraction of sp³-hybridized carbons (Fsp3) is 0.240. The van der Waals surface area contributed by atoms with E-state index >= 15 is 0 Å². The molecule has 0 aliphatic carbocycles. The van der Waals surface area contributed by atoms with Crippen molar-refractivity contribution in [2.24, 2.45) is 0 Å². The maximum atomic E-state index is 12.7. The smallest absolute Gasteiger partial charge is 0.319 e. The minimum Gasteiger partial charge on any atom is -0.380 e. The van der Waals surface area contributed by atoms with E-state index < -0.39 is 0 Å². The molecule has 0 spiro atoms. The summed E-state index contributed by atoms with van der Waals surface area (Å²) in [6.45, 7) is 1.89. The first-order valence-electron chi connectivity index (χ1n) is 10.3. The lowest BCUT2D eigenvalue weighted by molar-refractivity contribution is 0.121. The minimum atomic E-state index is -0.235. The Kier molecular flexibility index (Phi) is 6.30. The number of carbonyl (C=O) groups is 1. The summed E-state index contributed by atoms with van der Waals surface area (Å²) in [5.74, 6) is 0. The van der Waals surface area contributed by atoms with Crippen LogP contribution in [-0.2, 0) is 4.74 Å². The molecular weight excluding hydrogens is 374 g/mol. The Balaban J connectivity index is 1.42. The molecule has 1 aliphatic heterocycles. The third-order valence-electron chi connectivity index (χ3n) is 5.51. The van der Waals surface area contributed by atoms with Crippen LogP contribution < -0.4 is 15.5 Å². The Labute approximate surface area is 177 Å². The van der Waals surface area contributed by atoms with Crippen molar-refractivity contribution in [2.75, 3.05) is 30.4 Å². The first-order valence-corrected chi connectivity index (χ1v) is 10.3. The van der Waals surface area contributed by atoms with E-state index in [0.29, 0.717) is 6.10 Å². The van der Waals surface area contributed by atoms with Gasteiger partial charge in [0.05, 0.1) is 12.1 Å². The lowest BCUT2D eigenvalue weighted by Gasteiger charge is -2.21. The van der Waals surface area contributed by atoms with Gasteiger partial charge < -0.3 is 20.3 Å². The van der Waals surface area contributed by atoms with Crippen LogP contribution in [-0.4, -0.2) is 32.3 Å². The van der Waals surface area contributed by atoms with Crippen LogP contribution >= 0.6 is 0 Å². The van der Waals surface area contributed by atoms with Gasteiger partial charge in [0.2, 0.25) is 0 Å². The molecule has 5 nitrogen and oxygen atoms in total. The van der Waals surface area contributed by atoms with Crippen molar-refractivity contribution in [3.63, 3.8) is 0 Å². The molecule has 3 aromatic carbocycles. The molecular formula is C25H27N3O2. The first-order chi connectivity index (χ1) is 14.7. The average Bonchev–Trinajstić information content (AvgIpc) is 3.28. The van der Waals surface area contributed by atoms with Crippen molar-refractivity contribution in [3.05, 3.63) is 96.1 Å². The standard InChI is InChI=1S/C25H27N3O2/c1-30-23-16-17-28(18-23)22-14-12-21(13-15-22)26-25(29)27-24(19-8-4-2-5-9-19)20-10-6-3-7-11-20/h2-15,23-24H,16-18H2,1H3,(H2,26,27,29)/t23-/m0/s1. The second kappa shape index (κ2) is 9.46. The number of nitrogens with zero attached hydrogens (tertiary/aromatic N) is 1. The summed E-state index contributed by atoms with van der Waals surface area (Å²) in [5.41, 5.74) is 3.98. The zero-order chi connectivity index (χ0) is 20.8. The van der Waals surface area contributed by atoms with Crippen LogP contribution in [0.15, 0.2) is 84.9 Å². The number of urea groups is 1. The summed E-state index contributed by atoms with van der Waals surface area (Å²) in [5, 5.41) is 6.06. The highest BCUT2D eigenvalue weighted by molar-refractivity contribution is 5.90. The third kappa shape index (κ3) is 4.81. The Morgan fingerprint density at radius 2 is 1.53 bits per heavy atom. The first kappa shape index (κ1) is 20.0. The highest BCUT2D eigenvalue weighted by atomic mass is 16.5. The van der Waals surface area contributed by atoms with E-state index in [-0.39, 0.29) is 12.1 Å². The molecule has 0 aromatic heterocycles. The second-order valence-corrected chi connectivity index (χ2v) is 7.49. The number of benzene rings is 3. The Morgan fingerprint density at radius 3 is 2.07 bits per heavy atom. The molecule has 30 heavy (non-hydrogen) atoms. The summed E-state index contributed by atoms with van der Waals surface area (Å²) in [6.07, 6.45) is 1.33. The average molecular weight is 402 g/mol. The van der Waals surface area contributed by atoms with Crippen molar-refractivity contribution in [1.29, 1.82) is 0 Å². The summed E-state index contributed by atoms with van der Waals surface area (Å²) in [6, 6.07) is 27.5. The Hall–Kier alpha value is -3.31. The third-order valence-corrected chi connectivity index (χ3v) is 5.51. The maximum absolute atomic E-state index is 12.7. The molecule has 4 rings (SSSR count). The molecule has 0 bridgehead atoms. The number of rotatable bonds is 6. The normalized spacial score (nSPS) is 15.9. The van der Waals surface area contributed by atoms with E-state index in [1.54, 1.807) is 7.11 Å². The van der Waals surface area contributed by atoms with Crippen LogP contribution in [0.5, 0.6) is 0 Å². The quantitative estimate of drug-likeness (QED) is 0.622. The zero-order valence-electron chi connectivity index (χ0n) is 17.1. The van der Waals surface area contributed by atoms with Crippen molar-refractivity contribution in [1.82, 2.24) is 5.32 Å². The van der Waals surface area contributed by atoms with E-state index in [4.69, 9.17) is 4.74 Å². The molecule has 1 fully saturated rings. The predicted molar refractivity (Wildman–Crippen MR) is 121 cm³/mol. The molecule has 1 heterocycles. The van der Waals surface area contributed by atoms with Gasteiger partial charge in [-0.05, 0) is 41.8 Å². The molecule has 2 amide bonds. The number of carbonyl (C=O) groups excluding carboxylic acids is 1. The lowest BCUT2D eigenvalue weighted by atomic mass is 9.99. The Bertz CT molecular complexity index is 906. The van der Waals surface area contributed by atoms with Crippen LogP contribution in [0.25, 0.3) is 0 Å². The lowest BCUT2D eigenvalue weighted by Crippen LogP contribution is -2.33. The topological polar surface area (TPSA) is 53.6 Å². The van der Waals surface area contributed by atoms with E-state index in [1.165, 1.54) is 0 Å². The van der Waals surface area contributed by atoms with Gasteiger partial charge in [0.15, 0.2) is 0 Å². The van der Waals surface area contributed by atoms with Gasteiger partial charge in [-0.1, -0.05) is 60.7 Å². The number of ether oxygens (including phenoxy) is 1. The number of methoxy groups -OCH3 is 1. The second-order valence-electron chi connectivity index (χ2n) is 7.49. The number of anilines is 2. The monoisotopic (exact) mass is 401 g/mol. The molecule has 1 atom stereocenters. The largest absolute Gasteiger partial charge is 0.380 e. The van der Waals surface area contributed by atoms with Crippen LogP contribution in [0.1, 0.15) is 23.6 Å². The van der Waals surface area contributed by atoms with Crippen molar-refractivity contribution in [2.45, 2.75) is 18.6 Å².